The predicted octanol–water partition coefficient (Wildman–Crippen LogP) is 1.63. The van der Waals surface area contributed by atoms with Crippen LogP contribution in [-0.4, -0.2) is 43.1 Å². The van der Waals surface area contributed by atoms with Crippen LogP contribution in [0.1, 0.15) is 31.4 Å². The Kier molecular flexibility index (Phi) is 4.19. The highest BCUT2D eigenvalue weighted by Crippen LogP contribution is 2.19. The first-order valence-electron chi connectivity index (χ1n) is 6.71. The highest BCUT2D eigenvalue weighted by molar-refractivity contribution is 5.39. The Morgan fingerprint density at radius 2 is 2.33 bits per heavy atom. The maximum absolute atomic E-state index is 5.83. The Bertz CT molecular complexity index is 374. The van der Waals surface area contributed by atoms with Crippen LogP contribution >= 0.6 is 0 Å². The van der Waals surface area contributed by atoms with E-state index in [-0.39, 0.29) is 6.04 Å². The Labute approximate surface area is 110 Å². The molecule has 1 aliphatic rings. The number of rotatable bonds is 4. The van der Waals surface area contributed by atoms with Gasteiger partial charge >= 0.3 is 0 Å². The summed E-state index contributed by atoms with van der Waals surface area (Å²) in [6.45, 7) is 4.24. The predicted molar refractivity (Wildman–Crippen MR) is 75.8 cm³/mol. The minimum absolute atomic E-state index is 0.0535. The van der Waals surface area contributed by atoms with Crippen molar-refractivity contribution >= 4 is 5.82 Å². The molecule has 4 heteroatoms. The largest absolute Gasteiger partial charge is 0.358 e. The Hall–Kier alpha value is -1.13. The molecule has 0 saturated carbocycles. The molecular formula is C14H24N4. The first-order valence-corrected chi connectivity index (χ1v) is 6.71. The van der Waals surface area contributed by atoms with Crippen molar-refractivity contribution in [3.8, 4) is 0 Å². The van der Waals surface area contributed by atoms with E-state index in [0.29, 0.717) is 6.04 Å². The number of pyridine rings is 1. The lowest BCUT2D eigenvalue weighted by molar-refractivity contribution is 0.314. The number of hydrogen-bond donors (Lipinski definition) is 1. The van der Waals surface area contributed by atoms with Crippen molar-refractivity contribution in [1.82, 2.24) is 9.88 Å². The molecule has 0 bridgehead atoms. The van der Waals surface area contributed by atoms with E-state index in [0.717, 1.165) is 17.9 Å². The topological polar surface area (TPSA) is 45.4 Å². The second-order valence-corrected chi connectivity index (χ2v) is 5.40. The summed E-state index contributed by atoms with van der Waals surface area (Å²) in [5, 5.41) is 0. The van der Waals surface area contributed by atoms with Crippen molar-refractivity contribution in [3.63, 3.8) is 0 Å². The van der Waals surface area contributed by atoms with E-state index in [1.807, 2.05) is 13.1 Å². The number of likely N-dealkylation sites (tertiary alicyclic amines) is 1. The summed E-state index contributed by atoms with van der Waals surface area (Å²) < 4.78 is 0. The highest BCUT2D eigenvalue weighted by Gasteiger charge is 2.22. The minimum Gasteiger partial charge on any atom is -0.358 e. The van der Waals surface area contributed by atoms with E-state index in [9.17, 15) is 0 Å². The van der Waals surface area contributed by atoms with Crippen LogP contribution < -0.4 is 10.6 Å². The number of aromatic nitrogens is 1. The van der Waals surface area contributed by atoms with E-state index >= 15 is 0 Å². The normalized spacial score (nSPS) is 22.1. The molecule has 100 valence electrons. The molecule has 1 unspecified atom stereocenters. The maximum atomic E-state index is 5.83. The molecule has 0 radical (unpaired) electrons. The molecule has 0 amide bonds. The molecule has 2 heterocycles. The summed E-state index contributed by atoms with van der Waals surface area (Å²) in [6.07, 6.45) is 4.49. The summed E-state index contributed by atoms with van der Waals surface area (Å²) >= 11 is 0. The molecule has 1 saturated heterocycles. The van der Waals surface area contributed by atoms with Crippen LogP contribution in [-0.2, 0) is 0 Å². The van der Waals surface area contributed by atoms with Gasteiger partial charge in [-0.1, -0.05) is 6.07 Å². The number of nitrogens with zero attached hydrogens (tertiary/aromatic N) is 3. The molecule has 1 aliphatic heterocycles. The zero-order valence-corrected chi connectivity index (χ0v) is 11.6. The second-order valence-electron chi connectivity index (χ2n) is 5.40. The van der Waals surface area contributed by atoms with Crippen LogP contribution in [0.3, 0.4) is 0 Å². The first kappa shape index (κ1) is 13.3. The van der Waals surface area contributed by atoms with Crippen LogP contribution in [0.4, 0.5) is 5.82 Å². The summed E-state index contributed by atoms with van der Waals surface area (Å²) in [5.74, 6) is 1.03. The van der Waals surface area contributed by atoms with Gasteiger partial charge in [-0.05, 0) is 45.0 Å². The Morgan fingerprint density at radius 1 is 1.56 bits per heavy atom. The van der Waals surface area contributed by atoms with Crippen LogP contribution in [0, 0.1) is 0 Å². The van der Waals surface area contributed by atoms with Gasteiger partial charge in [0, 0.05) is 31.9 Å². The fourth-order valence-corrected chi connectivity index (χ4v) is 2.51. The summed E-state index contributed by atoms with van der Waals surface area (Å²) in [5.41, 5.74) is 6.92. The highest BCUT2D eigenvalue weighted by atomic mass is 15.2. The quantitative estimate of drug-likeness (QED) is 0.879. The van der Waals surface area contributed by atoms with Gasteiger partial charge in [0.25, 0.3) is 0 Å². The lowest BCUT2D eigenvalue weighted by atomic mass is 10.1. The Balaban J connectivity index is 1.98. The van der Waals surface area contributed by atoms with Gasteiger partial charge in [-0.2, -0.15) is 0 Å². The molecular weight excluding hydrogens is 224 g/mol. The SMILES string of the molecule is C[C@@H](N)c1ccc(N(C)CC2CCCN2C)nc1. The van der Waals surface area contributed by atoms with Gasteiger partial charge in [-0.25, -0.2) is 4.98 Å². The molecule has 2 N–H and O–H groups in total. The first-order chi connectivity index (χ1) is 8.58. The third-order valence-corrected chi connectivity index (χ3v) is 3.84. The maximum Gasteiger partial charge on any atom is 0.128 e. The van der Waals surface area contributed by atoms with Crippen LogP contribution in [0.25, 0.3) is 0 Å². The van der Waals surface area contributed by atoms with Crippen molar-refractivity contribution in [1.29, 1.82) is 0 Å². The number of hydrogen-bond acceptors (Lipinski definition) is 4. The molecule has 18 heavy (non-hydrogen) atoms. The van der Waals surface area contributed by atoms with Crippen molar-refractivity contribution in [2.45, 2.75) is 31.8 Å². The minimum atomic E-state index is 0.0535. The number of nitrogens with two attached hydrogens (primary N) is 1. The van der Waals surface area contributed by atoms with Gasteiger partial charge in [0.2, 0.25) is 0 Å². The van der Waals surface area contributed by atoms with Crippen LogP contribution in [0.15, 0.2) is 18.3 Å². The fraction of sp³-hybridized carbons (Fsp3) is 0.643. The number of likely N-dealkylation sites (N-methyl/N-ethyl adjacent to an activating group) is 2. The monoisotopic (exact) mass is 248 g/mol. The fourth-order valence-electron chi connectivity index (χ4n) is 2.51. The summed E-state index contributed by atoms with van der Waals surface area (Å²) in [6, 6.07) is 4.85. The zero-order valence-electron chi connectivity index (χ0n) is 11.6. The van der Waals surface area contributed by atoms with E-state index < -0.39 is 0 Å². The van der Waals surface area contributed by atoms with E-state index in [1.54, 1.807) is 0 Å². The second kappa shape index (κ2) is 5.67. The lowest BCUT2D eigenvalue weighted by Gasteiger charge is -2.26. The summed E-state index contributed by atoms with van der Waals surface area (Å²) in [4.78, 5) is 9.17. The summed E-state index contributed by atoms with van der Waals surface area (Å²) in [7, 11) is 4.32. The van der Waals surface area contributed by atoms with Crippen molar-refractivity contribution in [2.75, 3.05) is 32.1 Å². The van der Waals surface area contributed by atoms with E-state index in [2.05, 4.69) is 41.0 Å². The molecule has 0 spiro atoms. The average Bonchev–Trinajstić information content (AvgIpc) is 2.75. The van der Waals surface area contributed by atoms with Gasteiger partial charge in [0.15, 0.2) is 0 Å². The molecule has 0 aromatic carbocycles. The molecule has 1 aromatic heterocycles. The molecule has 1 aromatic rings. The van der Waals surface area contributed by atoms with Gasteiger partial charge in [0.05, 0.1) is 0 Å². The Morgan fingerprint density at radius 3 is 2.83 bits per heavy atom. The van der Waals surface area contributed by atoms with Gasteiger partial charge in [-0.3, -0.25) is 0 Å². The zero-order chi connectivity index (χ0) is 13.1. The van der Waals surface area contributed by atoms with Crippen molar-refractivity contribution in [3.05, 3.63) is 23.9 Å². The standard InChI is InChI=1S/C14H24N4/c1-11(15)12-6-7-14(16-9-12)18(3)10-13-5-4-8-17(13)2/h6-7,9,11,13H,4-5,8,10,15H2,1-3H3/t11-,13?/m1/s1. The van der Waals surface area contributed by atoms with Crippen molar-refractivity contribution < 1.29 is 0 Å². The average molecular weight is 248 g/mol. The van der Waals surface area contributed by atoms with Gasteiger partial charge in [-0.15, -0.1) is 0 Å². The third kappa shape index (κ3) is 3.00. The molecule has 4 nitrogen and oxygen atoms in total. The van der Waals surface area contributed by atoms with E-state index in [4.69, 9.17) is 5.73 Å². The van der Waals surface area contributed by atoms with Gasteiger partial charge in [0.1, 0.15) is 5.82 Å². The van der Waals surface area contributed by atoms with Crippen LogP contribution in [0.2, 0.25) is 0 Å². The molecule has 2 atom stereocenters. The molecule has 0 aliphatic carbocycles. The third-order valence-electron chi connectivity index (χ3n) is 3.84. The number of anilines is 1. The lowest BCUT2D eigenvalue weighted by Crippen LogP contribution is -2.36. The molecule has 2 rings (SSSR count). The van der Waals surface area contributed by atoms with E-state index in [1.165, 1.54) is 19.4 Å². The van der Waals surface area contributed by atoms with Gasteiger partial charge < -0.3 is 15.5 Å². The smallest absolute Gasteiger partial charge is 0.128 e. The molecule has 1 fully saturated rings. The van der Waals surface area contributed by atoms with Crippen molar-refractivity contribution in [2.24, 2.45) is 5.73 Å². The van der Waals surface area contributed by atoms with Crippen LogP contribution in [0.5, 0.6) is 0 Å².